The van der Waals surface area contributed by atoms with Gasteiger partial charge in [0.05, 0.1) is 33.4 Å². The number of aromatic amines is 1. The third kappa shape index (κ3) is 2.28. The number of hydrogen-bond donors (Lipinski definition) is 1. The highest BCUT2D eigenvalue weighted by atomic mass is 35.5. The predicted octanol–water partition coefficient (Wildman–Crippen LogP) is 3.60. The van der Waals surface area contributed by atoms with Gasteiger partial charge in [-0.05, 0) is 30.7 Å². The SMILES string of the molecule is Cc1cccc2c(=O)oc(-c3[nH]ncc3-c3ncccc3Cl)nc12. The number of aryl methyl sites for hydroxylation is 1. The van der Waals surface area contributed by atoms with E-state index in [0.717, 1.165) is 5.56 Å². The van der Waals surface area contributed by atoms with Gasteiger partial charge in [-0.1, -0.05) is 23.7 Å². The van der Waals surface area contributed by atoms with Crippen molar-refractivity contribution in [2.24, 2.45) is 0 Å². The second-order valence-electron chi connectivity index (χ2n) is 5.27. The van der Waals surface area contributed by atoms with Crippen LogP contribution in [0.3, 0.4) is 0 Å². The van der Waals surface area contributed by atoms with Gasteiger partial charge < -0.3 is 4.42 Å². The van der Waals surface area contributed by atoms with Crippen molar-refractivity contribution in [1.29, 1.82) is 0 Å². The molecule has 7 heteroatoms. The van der Waals surface area contributed by atoms with Crippen LogP contribution >= 0.6 is 11.6 Å². The number of nitrogens with one attached hydrogen (secondary N) is 1. The van der Waals surface area contributed by atoms with Crippen LogP contribution in [-0.2, 0) is 0 Å². The number of para-hydroxylation sites is 1. The predicted molar refractivity (Wildman–Crippen MR) is 90.8 cm³/mol. The second kappa shape index (κ2) is 5.58. The minimum Gasteiger partial charge on any atom is -0.401 e. The molecule has 3 aromatic heterocycles. The number of H-pyrrole nitrogens is 1. The standard InChI is InChI=1S/C17H11ClN4O2/c1-9-4-2-5-10-13(9)21-16(24-17(10)23)15-11(8-20-22-15)14-12(18)6-3-7-19-14/h2-8H,1H3,(H,20,22). The van der Waals surface area contributed by atoms with Crippen molar-refractivity contribution in [2.45, 2.75) is 6.92 Å². The van der Waals surface area contributed by atoms with Gasteiger partial charge in [0.25, 0.3) is 0 Å². The fraction of sp³-hybridized carbons (Fsp3) is 0.0588. The molecule has 4 aromatic rings. The third-order valence-corrected chi connectivity index (χ3v) is 4.03. The van der Waals surface area contributed by atoms with E-state index in [-0.39, 0.29) is 5.89 Å². The van der Waals surface area contributed by atoms with E-state index in [4.69, 9.17) is 16.0 Å². The van der Waals surface area contributed by atoms with Crippen LogP contribution in [0.1, 0.15) is 5.56 Å². The summed E-state index contributed by atoms with van der Waals surface area (Å²) in [6.07, 6.45) is 3.21. The number of benzene rings is 1. The van der Waals surface area contributed by atoms with Crippen molar-refractivity contribution in [2.75, 3.05) is 0 Å². The molecular formula is C17H11ClN4O2. The zero-order chi connectivity index (χ0) is 16.7. The number of fused-ring (bicyclic) bond motifs is 1. The van der Waals surface area contributed by atoms with Crippen molar-refractivity contribution >= 4 is 22.5 Å². The van der Waals surface area contributed by atoms with Crippen molar-refractivity contribution in [1.82, 2.24) is 20.2 Å². The van der Waals surface area contributed by atoms with Crippen LogP contribution in [0.4, 0.5) is 0 Å². The molecule has 1 aromatic carbocycles. The number of aromatic nitrogens is 4. The average molecular weight is 339 g/mol. The van der Waals surface area contributed by atoms with E-state index in [1.807, 2.05) is 13.0 Å². The zero-order valence-electron chi connectivity index (χ0n) is 12.6. The van der Waals surface area contributed by atoms with Gasteiger partial charge in [0, 0.05) is 6.20 Å². The van der Waals surface area contributed by atoms with E-state index in [0.29, 0.717) is 32.9 Å². The fourth-order valence-corrected chi connectivity index (χ4v) is 2.78. The Hall–Kier alpha value is -2.99. The summed E-state index contributed by atoms with van der Waals surface area (Å²) < 4.78 is 5.38. The molecular weight excluding hydrogens is 328 g/mol. The Balaban J connectivity index is 1.98. The first-order valence-corrected chi connectivity index (χ1v) is 7.58. The Morgan fingerprint density at radius 2 is 2.08 bits per heavy atom. The molecule has 0 radical (unpaired) electrons. The maximum atomic E-state index is 12.3. The zero-order valence-corrected chi connectivity index (χ0v) is 13.3. The number of nitrogens with zero attached hydrogens (tertiary/aromatic N) is 3. The van der Waals surface area contributed by atoms with Gasteiger partial charge in [-0.15, -0.1) is 0 Å². The smallest absolute Gasteiger partial charge is 0.347 e. The summed E-state index contributed by atoms with van der Waals surface area (Å²) in [6, 6.07) is 8.85. The summed E-state index contributed by atoms with van der Waals surface area (Å²) in [7, 11) is 0. The molecule has 0 bridgehead atoms. The molecule has 0 saturated carbocycles. The fourth-order valence-electron chi connectivity index (χ4n) is 2.56. The van der Waals surface area contributed by atoms with Crippen LogP contribution in [0.5, 0.6) is 0 Å². The van der Waals surface area contributed by atoms with Crippen LogP contribution in [0, 0.1) is 6.92 Å². The minimum absolute atomic E-state index is 0.149. The van der Waals surface area contributed by atoms with Crippen molar-refractivity contribution in [3.8, 4) is 22.8 Å². The largest absolute Gasteiger partial charge is 0.401 e. The van der Waals surface area contributed by atoms with Crippen molar-refractivity contribution < 1.29 is 4.42 Å². The molecule has 3 heterocycles. The first kappa shape index (κ1) is 14.6. The van der Waals surface area contributed by atoms with Crippen molar-refractivity contribution in [3.05, 3.63) is 63.7 Å². The van der Waals surface area contributed by atoms with Gasteiger partial charge in [0.15, 0.2) is 0 Å². The van der Waals surface area contributed by atoms with Crippen LogP contribution in [0.15, 0.2) is 51.9 Å². The molecule has 1 N–H and O–H groups in total. The van der Waals surface area contributed by atoms with Crippen LogP contribution in [-0.4, -0.2) is 20.2 Å². The highest BCUT2D eigenvalue weighted by Gasteiger charge is 2.18. The van der Waals surface area contributed by atoms with Crippen molar-refractivity contribution in [3.63, 3.8) is 0 Å². The first-order chi connectivity index (χ1) is 11.6. The first-order valence-electron chi connectivity index (χ1n) is 7.20. The van der Waals surface area contributed by atoms with E-state index in [1.54, 1.807) is 36.7 Å². The normalized spacial score (nSPS) is 11.1. The van der Waals surface area contributed by atoms with E-state index in [1.165, 1.54) is 0 Å². The van der Waals surface area contributed by atoms with E-state index >= 15 is 0 Å². The minimum atomic E-state index is -0.452. The molecule has 4 rings (SSSR count). The highest BCUT2D eigenvalue weighted by Crippen LogP contribution is 2.32. The number of rotatable bonds is 2. The lowest BCUT2D eigenvalue weighted by atomic mass is 10.1. The van der Waals surface area contributed by atoms with Crippen LogP contribution < -0.4 is 5.63 Å². The lowest BCUT2D eigenvalue weighted by Gasteiger charge is -2.05. The molecule has 0 saturated heterocycles. The monoisotopic (exact) mass is 338 g/mol. The summed E-state index contributed by atoms with van der Waals surface area (Å²) >= 11 is 6.21. The topological polar surface area (TPSA) is 84.7 Å². The number of halogens is 1. The molecule has 24 heavy (non-hydrogen) atoms. The molecule has 6 nitrogen and oxygen atoms in total. The van der Waals surface area contributed by atoms with Gasteiger partial charge in [0.2, 0.25) is 5.89 Å². The number of hydrogen-bond acceptors (Lipinski definition) is 5. The highest BCUT2D eigenvalue weighted by molar-refractivity contribution is 6.33. The maximum absolute atomic E-state index is 12.3. The molecule has 0 aliphatic carbocycles. The van der Waals surface area contributed by atoms with Gasteiger partial charge in [-0.2, -0.15) is 5.10 Å². The molecule has 0 unspecified atom stereocenters. The molecule has 0 atom stereocenters. The summed E-state index contributed by atoms with van der Waals surface area (Å²) in [5.41, 5.74) is 2.64. The maximum Gasteiger partial charge on any atom is 0.347 e. The van der Waals surface area contributed by atoms with Gasteiger partial charge in [-0.3, -0.25) is 10.1 Å². The van der Waals surface area contributed by atoms with E-state index in [9.17, 15) is 4.79 Å². The Morgan fingerprint density at radius 3 is 2.92 bits per heavy atom. The third-order valence-electron chi connectivity index (χ3n) is 3.73. The van der Waals surface area contributed by atoms with Crippen LogP contribution in [0.2, 0.25) is 5.02 Å². The lowest BCUT2D eigenvalue weighted by Crippen LogP contribution is -2.04. The van der Waals surface area contributed by atoms with E-state index < -0.39 is 5.63 Å². The Kier molecular flexibility index (Phi) is 3.39. The summed E-state index contributed by atoms with van der Waals surface area (Å²) in [5.74, 6) is 0.149. The van der Waals surface area contributed by atoms with Gasteiger partial charge in [-0.25, -0.2) is 9.78 Å². The molecule has 0 aliphatic heterocycles. The second-order valence-corrected chi connectivity index (χ2v) is 5.68. The molecule has 0 spiro atoms. The Bertz CT molecular complexity index is 1120. The quantitative estimate of drug-likeness (QED) is 0.603. The average Bonchev–Trinajstić information content (AvgIpc) is 3.05. The number of pyridine rings is 1. The van der Waals surface area contributed by atoms with Crippen LogP contribution in [0.25, 0.3) is 33.7 Å². The summed E-state index contributed by atoms with van der Waals surface area (Å²) in [4.78, 5) is 21.0. The Morgan fingerprint density at radius 1 is 1.21 bits per heavy atom. The van der Waals surface area contributed by atoms with Gasteiger partial charge >= 0.3 is 5.63 Å². The molecule has 118 valence electrons. The van der Waals surface area contributed by atoms with Gasteiger partial charge in [0.1, 0.15) is 5.69 Å². The summed E-state index contributed by atoms with van der Waals surface area (Å²) in [5, 5.41) is 7.75. The molecule has 0 aliphatic rings. The lowest BCUT2D eigenvalue weighted by molar-refractivity contribution is 0.516. The Labute approximate surface area is 141 Å². The molecule has 0 amide bonds. The molecule has 0 fully saturated rings. The van der Waals surface area contributed by atoms with E-state index in [2.05, 4.69) is 20.2 Å². The summed E-state index contributed by atoms with van der Waals surface area (Å²) in [6.45, 7) is 1.89.